The molecule has 0 aliphatic heterocycles. The van der Waals surface area contributed by atoms with Gasteiger partial charge in [-0.1, -0.05) is 13.0 Å². The molecule has 0 aromatic heterocycles. The van der Waals surface area contributed by atoms with E-state index < -0.39 is 0 Å². The molecule has 1 heteroatoms. The maximum absolute atomic E-state index is 5.03. The quantitative estimate of drug-likeness (QED) is 0.392. The van der Waals surface area contributed by atoms with Crippen LogP contribution in [0.5, 0.6) is 0 Å². The average molecular weight is 113 g/mol. The van der Waals surface area contributed by atoms with Crippen molar-refractivity contribution in [1.82, 2.24) is 0 Å². The van der Waals surface area contributed by atoms with E-state index in [1.165, 1.54) is 0 Å². The van der Waals surface area contributed by atoms with E-state index in [1.54, 1.807) is 0 Å². The summed E-state index contributed by atoms with van der Waals surface area (Å²) >= 11 is 0. The molecule has 1 radical (unpaired) electrons. The van der Waals surface area contributed by atoms with E-state index in [0.29, 0.717) is 0 Å². The van der Waals surface area contributed by atoms with Gasteiger partial charge in [0.1, 0.15) is 0 Å². The van der Waals surface area contributed by atoms with Crippen LogP contribution in [0.4, 0.5) is 0 Å². The predicted octanol–water partition coefficient (Wildman–Crippen LogP) is 2.15. The molecule has 0 atom stereocenters. The van der Waals surface area contributed by atoms with E-state index in [4.69, 9.17) is 4.74 Å². The molecular formula is C7H13O. The predicted molar refractivity (Wildman–Crippen MR) is 35.4 cm³/mol. The van der Waals surface area contributed by atoms with E-state index in [2.05, 4.69) is 6.58 Å². The molecule has 0 amide bonds. The van der Waals surface area contributed by atoms with Crippen molar-refractivity contribution in [2.75, 3.05) is 6.61 Å². The second-order valence-electron chi connectivity index (χ2n) is 1.52. The molecule has 0 aliphatic carbocycles. The lowest BCUT2D eigenvalue weighted by Gasteiger charge is -1.95. The Labute approximate surface area is 51.4 Å². The highest BCUT2D eigenvalue weighted by Crippen LogP contribution is 1.89. The second-order valence-corrected chi connectivity index (χ2v) is 1.52. The summed E-state index contributed by atoms with van der Waals surface area (Å²) in [4.78, 5) is 0. The first-order valence-electron chi connectivity index (χ1n) is 2.96. The van der Waals surface area contributed by atoms with Crippen molar-refractivity contribution < 1.29 is 4.74 Å². The molecule has 47 valence electrons. The van der Waals surface area contributed by atoms with Crippen LogP contribution in [0.25, 0.3) is 0 Å². The third-order valence-corrected chi connectivity index (χ3v) is 0.724. The Hall–Kier alpha value is -0.300. The highest BCUT2D eigenvalue weighted by Gasteiger charge is 1.80. The molecule has 0 aromatic carbocycles. The Balaban J connectivity index is 2.62. The molecule has 0 bridgehead atoms. The van der Waals surface area contributed by atoms with Gasteiger partial charge in [0.15, 0.2) is 0 Å². The largest absolute Gasteiger partial charge is 0.375 e. The standard InChI is InChI=1S/C7H13O/c1-3-5-7-8-6-4-2/h3,6H,1,4-5,7H2,2H3. The van der Waals surface area contributed by atoms with Crippen molar-refractivity contribution in [3.63, 3.8) is 0 Å². The Morgan fingerprint density at radius 2 is 2.38 bits per heavy atom. The number of hydrogen-bond donors (Lipinski definition) is 0. The monoisotopic (exact) mass is 113 g/mol. The minimum Gasteiger partial charge on any atom is -0.375 e. The van der Waals surface area contributed by atoms with Crippen LogP contribution in [-0.4, -0.2) is 6.61 Å². The Kier molecular flexibility index (Phi) is 6.45. The summed E-state index contributed by atoms with van der Waals surface area (Å²) in [5.41, 5.74) is 0. The maximum Gasteiger partial charge on any atom is 0.0834 e. The fraction of sp³-hybridized carbons (Fsp3) is 0.571. The lowest BCUT2D eigenvalue weighted by molar-refractivity contribution is 0.200. The zero-order valence-electron chi connectivity index (χ0n) is 5.39. The minimum absolute atomic E-state index is 0.775. The van der Waals surface area contributed by atoms with Gasteiger partial charge in [-0.2, -0.15) is 0 Å². The summed E-state index contributed by atoms with van der Waals surface area (Å²) in [6, 6.07) is 0. The molecule has 1 nitrogen and oxygen atoms in total. The smallest absolute Gasteiger partial charge is 0.0834 e. The molecule has 0 rings (SSSR count). The van der Waals surface area contributed by atoms with Crippen molar-refractivity contribution in [2.45, 2.75) is 19.8 Å². The van der Waals surface area contributed by atoms with Crippen LogP contribution in [0.15, 0.2) is 12.7 Å². The van der Waals surface area contributed by atoms with E-state index in [9.17, 15) is 0 Å². The van der Waals surface area contributed by atoms with Gasteiger partial charge in [0.05, 0.1) is 13.2 Å². The average Bonchev–Trinajstić information content (AvgIpc) is 1.81. The first-order chi connectivity index (χ1) is 3.91. The van der Waals surface area contributed by atoms with Gasteiger partial charge in [-0.05, 0) is 12.8 Å². The molecule has 0 spiro atoms. The molecule has 0 N–H and O–H groups in total. The van der Waals surface area contributed by atoms with Gasteiger partial charge >= 0.3 is 0 Å². The second kappa shape index (κ2) is 6.70. The number of rotatable bonds is 5. The summed E-state index contributed by atoms with van der Waals surface area (Å²) < 4.78 is 5.03. The minimum atomic E-state index is 0.775. The van der Waals surface area contributed by atoms with Crippen molar-refractivity contribution in [3.8, 4) is 0 Å². The third-order valence-electron chi connectivity index (χ3n) is 0.724. The fourth-order valence-corrected chi connectivity index (χ4v) is 0.353. The van der Waals surface area contributed by atoms with Crippen LogP contribution in [-0.2, 0) is 4.74 Å². The number of hydrogen-bond acceptors (Lipinski definition) is 1. The van der Waals surface area contributed by atoms with E-state index in [-0.39, 0.29) is 0 Å². The molecule has 0 saturated carbocycles. The van der Waals surface area contributed by atoms with Crippen LogP contribution >= 0.6 is 0 Å². The summed E-state index contributed by atoms with van der Waals surface area (Å²) in [6.45, 7) is 8.20. The summed E-state index contributed by atoms with van der Waals surface area (Å²) in [5.74, 6) is 0. The molecule has 0 heterocycles. The molecule has 0 aromatic rings. The maximum atomic E-state index is 5.03. The molecule has 8 heavy (non-hydrogen) atoms. The SMILES string of the molecule is C=CCCO[CH]CC. The van der Waals surface area contributed by atoms with Crippen LogP contribution in [0.1, 0.15) is 19.8 Å². The number of ether oxygens (including phenoxy) is 1. The van der Waals surface area contributed by atoms with Crippen LogP contribution in [0.3, 0.4) is 0 Å². The van der Waals surface area contributed by atoms with Crippen molar-refractivity contribution >= 4 is 0 Å². The van der Waals surface area contributed by atoms with Crippen molar-refractivity contribution in [1.29, 1.82) is 0 Å². The van der Waals surface area contributed by atoms with E-state index in [0.717, 1.165) is 19.4 Å². The normalized spacial score (nSPS) is 9.12. The van der Waals surface area contributed by atoms with E-state index >= 15 is 0 Å². The molecular weight excluding hydrogens is 100 g/mol. The lowest BCUT2D eigenvalue weighted by atomic mass is 10.4. The third kappa shape index (κ3) is 5.70. The summed E-state index contributed by atoms with van der Waals surface area (Å²) in [5, 5.41) is 0. The fourth-order valence-electron chi connectivity index (χ4n) is 0.353. The highest BCUT2D eigenvalue weighted by molar-refractivity contribution is 4.65. The first kappa shape index (κ1) is 7.70. The Bertz CT molecular complexity index is 50.3. The van der Waals surface area contributed by atoms with Crippen LogP contribution in [0.2, 0.25) is 0 Å². The molecule has 0 unspecified atom stereocenters. The van der Waals surface area contributed by atoms with Crippen molar-refractivity contribution in [3.05, 3.63) is 19.3 Å². The molecule has 0 aliphatic rings. The molecule has 0 saturated heterocycles. The van der Waals surface area contributed by atoms with Gasteiger partial charge in [0, 0.05) is 0 Å². The first-order valence-corrected chi connectivity index (χ1v) is 2.96. The highest BCUT2D eigenvalue weighted by atomic mass is 16.5. The van der Waals surface area contributed by atoms with Gasteiger partial charge in [0.25, 0.3) is 0 Å². The van der Waals surface area contributed by atoms with Crippen LogP contribution in [0, 0.1) is 6.61 Å². The Morgan fingerprint density at radius 3 is 2.88 bits per heavy atom. The zero-order chi connectivity index (χ0) is 6.24. The van der Waals surface area contributed by atoms with Gasteiger partial charge in [-0.3, -0.25) is 0 Å². The zero-order valence-corrected chi connectivity index (χ0v) is 5.39. The molecule has 0 fully saturated rings. The van der Waals surface area contributed by atoms with Crippen molar-refractivity contribution in [2.24, 2.45) is 0 Å². The summed E-state index contributed by atoms with van der Waals surface area (Å²) in [6.07, 6.45) is 3.77. The lowest BCUT2D eigenvalue weighted by Crippen LogP contribution is -1.87. The van der Waals surface area contributed by atoms with Gasteiger partial charge in [-0.15, -0.1) is 6.58 Å². The topological polar surface area (TPSA) is 9.23 Å². The van der Waals surface area contributed by atoms with Gasteiger partial charge < -0.3 is 4.74 Å². The van der Waals surface area contributed by atoms with E-state index in [1.807, 2.05) is 19.6 Å². The van der Waals surface area contributed by atoms with Crippen LogP contribution < -0.4 is 0 Å². The summed E-state index contributed by atoms with van der Waals surface area (Å²) in [7, 11) is 0. The van der Waals surface area contributed by atoms with Gasteiger partial charge in [0.2, 0.25) is 0 Å². The van der Waals surface area contributed by atoms with Gasteiger partial charge in [-0.25, -0.2) is 0 Å². The Morgan fingerprint density at radius 1 is 1.62 bits per heavy atom.